The Labute approximate surface area is 149 Å². The average Bonchev–Trinajstić information content (AvgIpc) is 2.59. The van der Waals surface area contributed by atoms with Gasteiger partial charge in [-0.15, -0.1) is 0 Å². The average molecular weight is 354 g/mol. The Morgan fingerprint density at radius 3 is 2.46 bits per heavy atom. The third-order valence-electron chi connectivity index (χ3n) is 4.26. The standard InChI is InChI=1S/C20H19FN2O3/c1-13(24)11-15-6-9-18-17(12-15)19(25)23(20(26)22-18)10-2-3-14-4-7-16(21)8-5-14/h4-9,12H,2-3,10-11H2,1H3,(H,22,26). The lowest BCUT2D eigenvalue weighted by Gasteiger charge is -2.08. The molecule has 0 radical (unpaired) electrons. The van der Waals surface area contributed by atoms with Crippen molar-refractivity contribution in [2.24, 2.45) is 0 Å². The fraction of sp³-hybridized carbons (Fsp3) is 0.250. The van der Waals surface area contributed by atoms with Crippen LogP contribution in [-0.2, 0) is 24.2 Å². The van der Waals surface area contributed by atoms with E-state index in [0.717, 1.165) is 11.1 Å². The number of halogens is 1. The van der Waals surface area contributed by atoms with Gasteiger partial charge in [0.1, 0.15) is 11.6 Å². The number of carbonyl (C=O) groups excluding carboxylic acids is 1. The molecule has 2 aromatic carbocycles. The summed E-state index contributed by atoms with van der Waals surface area (Å²) in [5.41, 5.74) is 1.32. The van der Waals surface area contributed by atoms with E-state index in [1.54, 1.807) is 30.3 Å². The van der Waals surface area contributed by atoms with Gasteiger partial charge in [-0.2, -0.15) is 0 Å². The lowest BCUT2D eigenvalue weighted by molar-refractivity contribution is -0.116. The highest BCUT2D eigenvalue weighted by molar-refractivity contribution is 5.82. The molecule has 0 aliphatic heterocycles. The lowest BCUT2D eigenvalue weighted by atomic mass is 10.1. The molecule has 0 unspecified atom stereocenters. The van der Waals surface area contributed by atoms with Gasteiger partial charge in [0.15, 0.2) is 0 Å². The molecule has 1 heterocycles. The highest BCUT2D eigenvalue weighted by atomic mass is 19.1. The van der Waals surface area contributed by atoms with Crippen LogP contribution in [0.2, 0.25) is 0 Å². The number of aromatic nitrogens is 2. The molecule has 26 heavy (non-hydrogen) atoms. The number of hydrogen-bond donors (Lipinski definition) is 1. The summed E-state index contributed by atoms with van der Waals surface area (Å²) in [5, 5.41) is 0.394. The molecule has 0 aliphatic rings. The smallest absolute Gasteiger partial charge is 0.307 e. The van der Waals surface area contributed by atoms with Gasteiger partial charge < -0.3 is 4.98 Å². The molecule has 1 N–H and O–H groups in total. The van der Waals surface area contributed by atoms with E-state index in [1.807, 2.05) is 0 Å². The maximum atomic E-state index is 12.9. The molecule has 0 bridgehead atoms. The van der Waals surface area contributed by atoms with Crippen LogP contribution >= 0.6 is 0 Å². The van der Waals surface area contributed by atoms with Crippen LogP contribution in [0.1, 0.15) is 24.5 Å². The summed E-state index contributed by atoms with van der Waals surface area (Å²) in [6.07, 6.45) is 1.46. The number of Topliss-reactive ketones (excluding diaryl/α,β-unsaturated/α-hetero) is 1. The molecule has 0 atom stereocenters. The number of hydrogen-bond acceptors (Lipinski definition) is 3. The van der Waals surface area contributed by atoms with Gasteiger partial charge in [0, 0.05) is 13.0 Å². The topological polar surface area (TPSA) is 71.9 Å². The van der Waals surface area contributed by atoms with Crippen LogP contribution in [0.3, 0.4) is 0 Å². The van der Waals surface area contributed by atoms with E-state index in [4.69, 9.17) is 0 Å². The normalized spacial score (nSPS) is 11.0. The summed E-state index contributed by atoms with van der Waals surface area (Å²) in [5.74, 6) is -0.286. The number of nitrogens with one attached hydrogen (secondary N) is 1. The van der Waals surface area contributed by atoms with E-state index in [2.05, 4.69) is 4.98 Å². The number of H-pyrrole nitrogens is 1. The van der Waals surface area contributed by atoms with Crippen molar-refractivity contribution in [1.82, 2.24) is 9.55 Å². The molecule has 0 amide bonds. The fourth-order valence-electron chi connectivity index (χ4n) is 2.99. The van der Waals surface area contributed by atoms with Crippen molar-refractivity contribution in [3.63, 3.8) is 0 Å². The van der Waals surface area contributed by atoms with E-state index in [9.17, 15) is 18.8 Å². The van der Waals surface area contributed by atoms with Crippen molar-refractivity contribution in [3.8, 4) is 0 Å². The highest BCUT2D eigenvalue weighted by Gasteiger charge is 2.09. The second-order valence-corrected chi connectivity index (χ2v) is 6.38. The molecule has 134 valence electrons. The first-order valence-electron chi connectivity index (χ1n) is 8.43. The van der Waals surface area contributed by atoms with Crippen LogP contribution < -0.4 is 11.2 Å². The maximum absolute atomic E-state index is 12.9. The molecule has 0 saturated heterocycles. The van der Waals surface area contributed by atoms with Gasteiger partial charge in [0.05, 0.1) is 10.9 Å². The Balaban J connectivity index is 1.85. The van der Waals surface area contributed by atoms with Gasteiger partial charge in [-0.1, -0.05) is 18.2 Å². The predicted molar refractivity (Wildman–Crippen MR) is 97.9 cm³/mol. The van der Waals surface area contributed by atoms with Crippen LogP contribution in [0.4, 0.5) is 4.39 Å². The molecule has 6 heteroatoms. The Hall–Kier alpha value is -3.02. The number of rotatable bonds is 6. The summed E-state index contributed by atoms with van der Waals surface area (Å²) in [7, 11) is 0. The van der Waals surface area contributed by atoms with Crippen molar-refractivity contribution in [2.75, 3.05) is 0 Å². The Morgan fingerprint density at radius 2 is 1.77 bits per heavy atom. The third kappa shape index (κ3) is 3.96. The molecule has 1 aromatic heterocycles. The highest BCUT2D eigenvalue weighted by Crippen LogP contribution is 2.11. The number of ketones is 1. The van der Waals surface area contributed by atoms with Crippen LogP contribution in [0.5, 0.6) is 0 Å². The first-order valence-corrected chi connectivity index (χ1v) is 8.43. The summed E-state index contributed by atoms with van der Waals surface area (Å²) in [6.45, 7) is 1.75. The zero-order chi connectivity index (χ0) is 18.7. The molecule has 0 fully saturated rings. The van der Waals surface area contributed by atoms with Crippen LogP contribution in [0.15, 0.2) is 52.1 Å². The fourth-order valence-corrected chi connectivity index (χ4v) is 2.99. The van der Waals surface area contributed by atoms with Gasteiger partial charge >= 0.3 is 5.69 Å². The first kappa shape index (κ1) is 17.8. The summed E-state index contributed by atoms with van der Waals surface area (Å²) < 4.78 is 14.1. The minimum atomic E-state index is -0.457. The van der Waals surface area contributed by atoms with Gasteiger partial charge in [-0.05, 0) is 55.2 Å². The maximum Gasteiger partial charge on any atom is 0.328 e. The number of aryl methyl sites for hydroxylation is 1. The van der Waals surface area contributed by atoms with E-state index in [-0.39, 0.29) is 30.1 Å². The zero-order valence-electron chi connectivity index (χ0n) is 14.4. The zero-order valence-corrected chi connectivity index (χ0v) is 14.4. The van der Waals surface area contributed by atoms with Crippen molar-refractivity contribution in [1.29, 1.82) is 0 Å². The number of aromatic amines is 1. The van der Waals surface area contributed by atoms with E-state index < -0.39 is 5.69 Å². The molecular formula is C20H19FN2O3. The monoisotopic (exact) mass is 354 g/mol. The second-order valence-electron chi connectivity index (χ2n) is 6.38. The number of fused-ring (bicyclic) bond motifs is 1. The van der Waals surface area contributed by atoms with Crippen molar-refractivity contribution in [2.45, 2.75) is 32.7 Å². The Morgan fingerprint density at radius 1 is 1.08 bits per heavy atom. The van der Waals surface area contributed by atoms with Crippen LogP contribution in [-0.4, -0.2) is 15.3 Å². The van der Waals surface area contributed by atoms with Gasteiger partial charge in [0.25, 0.3) is 5.56 Å². The van der Waals surface area contributed by atoms with Gasteiger partial charge in [0.2, 0.25) is 0 Å². The Bertz CT molecular complexity index is 1070. The van der Waals surface area contributed by atoms with Gasteiger partial charge in [-0.25, -0.2) is 9.18 Å². The molecule has 0 aliphatic carbocycles. The second kappa shape index (κ2) is 7.47. The Kier molecular flexibility index (Phi) is 5.11. The number of benzene rings is 2. The van der Waals surface area contributed by atoms with Gasteiger partial charge in [-0.3, -0.25) is 14.2 Å². The largest absolute Gasteiger partial charge is 0.328 e. The van der Waals surface area contributed by atoms with Crippen LogP contribution in [0, 0.1) is 5.82 Å². The molecule has 3 rings (SSSR count). The lowest BCUT2D eigenvalue weighted by Crippen LogP contribution is -2.35. The predicted octanol–water partition coefficient (Wildman–Crippen LogP) is 2.59. The molecule has 3 aromatic rings. The van der Waals surface area contributed by atoms with E-state index in [1.165, 1.54) is 23.6 Å². The molecule has 0 saturated carbocycles. The molecule has 0 spiro atoms. The quantitative estimate of drug-likeness (QED) is 0.740. The van der Waals surface area contributed by atoms with E-state index in [0.29, 0.717) is 23.7 Å². The SMILES string of the molecule is CC(=O)Cc1ccc2[nH]c(=O)n(CCCc3ccc(F)cc3)c(=O)c2c1. The summed E-state index contributed by atoms with van der Waals surface area (Å²) in [6, 6.07) is 11.2. The third-order valence-corrected chi connectivity index (χ3v) is 4.26. The minimum absolute atomic E-state index is 0.00778. The number of nitrogens with zero attached hydrogens (tertiary/aromatic N) is 1. The first-order chi connectivity index (χ1) is 12.4. The van der Waals surface area contributed by atoms with E-state index >= 15 is 0 Å². The van der Waals surface area contributed by atoms with Crippen molar-refractivity contribution in [3.05, 3.63) is 80.2 Å². The molecular weight excluding hydrogens is 335 g/mol. The summed E-state index contributed by atoms with van der Waals surface area (Å²) in [4.78, 5) is 38.9. The summed E-state index contributed by atoms with van der Waals surface area (Å²) >= 11 is 0. The molecule has 5 nitrogen and oxygen atoms in total. The number of carbonyl (C=O) groups is 1. The van der Waals surface area contributed by atoms with Crippen molar-refractivity contribution < 1.29 is 9.18 Å². The van der Waals surface area contributed by atoms with Crippen molar-refractivity contribution >= 4 is 16.7 Å². The minimum Gasteiger partial charge on any atom is -0.307 e. The van der Waals surface area contributed by atoms with Crippen LogP contribution in [0.25, 0.3) is 10.9 Å².